The van der Waals surface area contributed by atoms with Gasteiger partial charge in [0.1, 0.15) is 6.10 Å². The zero-order valence-corrected chi connectivity index (χ0v) is 9.78. The van der Waals surface area contributed by atoms with Crippen LogP contribution in [0, 0.1) is 0 Å². The first-order valence-corrected chi connectivity index (χ1v) is 5.70. The van der Waals surface area contributed by atoms with Crippen LogP contribution in [0.15, 0.2) is 54.6 Å². The molecule has 0 heterocycles. The molecule has 2 aromatic carbocycles. The third-order valence-electron chi connectivity index (χ3n) is 2.82. The van der Waals surface area contributed by atoms with Gasteiger partial charge in [-0.2, -0.15) is 0 Å². The number of rotatable bonds is 4. The smallest absolute Gasteiger partial charge is 0.196 e. The van der Waals surface area contributed by atoms with Crippen LogP contribution in [0.5, 0.6) is 0 Å². The summed E-state index contributed by atoms with van der Waals surface area (Å²) >= 11 is 0. The second-order valence-electron chi connectivity index (χ2n) is 3.99. The highest BCUT2D eigenvalue weighted by Gasteiger charge is 2.20. The molecule has 0 saturated carbocycles. The van der Waals surface area contributed by atoms with Gasteiger partial charge < -0.3 is 10.2 Å². The van der Waals surface area contributed by atoms with Gasteiger partial charge in [0.15, 0.2) is 5.78 Å². The van der Waals surface area contributed by atoms with E-state index in [0.29, 0.717) is 16.7 Å². The number of aliphatic hydroxyl groups excluding tert-OH is 2. The highest BCUT2D eigenvalue weighted by atomic mass is 16.3. The number of carbonyl (C=O) groups is 1. The second kappa shape index (κ2) is 5.58. The van der Waals surface area contributed by atoms with Crippen LogP contribution in [0.3, 0.4) is 0 Å². The van der Waals surface area contributed by atoms with Crippen molar-refractivity contribution in [3.63, 3.8) is 0 Å². The first-order valence-electron chi connectivity index (χ1n) is 5.70. The van der Waals surface area contributed by atoms with Crippen LogP contribution < -0.4 is 0 Å². The highest BCUT2D eigenvalue weighted by Crippen LogP contribution is 2.20. The normalized spacial score (nSPS) is 12.1. The number of hydrogen-bond acceptors (Lipinski definition) is 3. The van der Waals surface area contributed by atoms with Crippen LogP contribution in [0.4, 0.5) is 0 Å². The molecule has 92 valence electrons. The lowest BCUT2D eigenvalue weighted by Gasteiger charge is -2.12. The minimum absolute atomic E-state index is 0.219. The molecule has 1 unspecified atom stereocenters. The molecular weight excluding hydrogens is 228 g/mol. The minimum atomic E-state index is -1.20. The fourth-order valence-electron chi connectivity index (χ4n) is 1.83. The molecule has 2 rings (SSSR count). The standard InChI is InChI=1S/C15H14O3/c16-10-12-8-4-5-9-13(12)15(18)14(17)11-6-2-1-3-7-11/h1-9,14,16-17H,10H2. The van der Waals surface area contributed by atoms with Crippen molar-refractivity contribution in [2.45, 2.75) is 12.7 Å². The van der Waals surface area contributed by atoms with Crippen LogP contribution >= 0.6 is 0 Å². The maximum absolute atomic E-state index is 12.2. The summed E-state index contributed by atoms with van der Waals surface area (Å²) in [4.78, 5) is 12.2. The van der Waals surface area contributed by atoms with E-state index in [4.69, 9.17) is 0 Å². The average Bonchev–Trinajstić information content (AvgIpc) is 2.46. The predicted octanol–water partition coefficient (Wildman–Crippen LogP) is 2.10. The van der Waals surface area contributed by atoms with E-state index in [0.717, 1.165) is 0 Å². The third-order valence-corrected chi connectivity index (χ3v) is 2.82. The Balaban J connectivity index is 2.32. The van der Waals surface area contributed by atoms with Crippen LogP contribution in [0.25, 0.3) is 0 Å². The molecule has 1 atom stereocenters. The van der Waals surface area contributed by atoms with Gasteiger partial charge in [-0.15, -0.1) is 0 Å². The summed E-state index contributed by atoms with van der Waals surface area (Å²) in [6.07, 6.45) is -1.20. The monoisotopic (exact) mass is 242 g/mol. The second-order valence-corrected chi connectivity index (χ2v) is 3.99. The molecule has 3 nitrogen and oxygen atoms in total. The molecule has 0 aromatic heterocycles. The summed E-state index contributed by atoms with van der Waals surface area (Å²) in [5, 5.41) is 19.2. The lowest BCUT2D eigenvalue weighted by molar-refractivity contribution is 0.0744. The van der Waals surface area contributed by atoms with Crippen LogP contribution in [-0.2, 0) is 6.61 Å². The van der Waals surface area contributed by atoms with E-state index < -0.39 is 11.9 Å². The molecule has 0 bridgehead atoms. The fraction of sp³-hybridized carbons (Fsp3) is 0.133. The Morgan fingerprint density at radius 1 is 1.00 bits per heavy atom. The molecule has 0 spiro atoms. The van der Waals surface area contributed by atoms with Gasteiger partial charge in [-0.05, 0) is 11.1 Å². The van der Waals surface area contributed by atoms with Crippen molar-refractivity contribution in [1.82, 2.24) is 0 Å². The van der Waals surface area contributed by atoms with E-state index in [1.165, 1.54) is 0 Å². The van der Waals surface area contributed by atoms with E-state index in [-0.39, 0.29) is 6.61 Å². The van der Waals surface area contributed by atoms with E-state index in [2.05, 4.69) is 0 Å². The van der Waals surface area contributed by atoms with Crippen LogP contribution in [0.1, 0.15) is 27.6 Å². The molecule has 2 N–H and O–H groups in total. The predicted molar refractivity (Wildman–Crippen MR) is 68.1 cm³/mol. The maximum atomic E-state index is 12.2. The summed E-state index contributed by atoms with van der Waals surface area (Å²) in [6, 6.07) is 15.5. The zero-order chi connectivity index (χ0) is 13.0. The van der Waals surface area contributed by atoms with Crippen molar-refractivity contribution in [1.29, 1.82) is 0 Å². The van der Waals surface area contributed by atoms with Gasteiger partial charge in [0.05, 0.1) is 6.61 Å². The number of ketones is 1. The summed E-state index contributed by atoms with van der Waals surface area (Å²) in [5.41, 5.74) is 1.43. The first kappa shape index (κ1) is 12.5. The quantitative estimate of drug-likeness (QED) is 0.807. The Hall–Kier alpha value is -1.97. The van der Waals surface area contributed by atoms with Crippen molar-refractivity contribution in [3.8, 4) is 0 Å². The average molecular weight is 242 g/mol. The van der Waals surface area contributed by atoms with E-state index in [9.17, 15) is 15.0 Å². The first-order chi connectivity index (χ1) is 8.74. The maximum Gasteiger partial charge on any atom is 0.196 e. The Bertz CT molecular complexity index is 534. The van der Waals surface area contributed by atoms with Crippen molar-refractivity contribution < 1.29 is 15.0 Å². The molecule has 0 aliphatic carbocycles. The molecular formula is C15H14O3. The van der Waals surface area contributed by atoms with Gasteiger partial charge >= 0.3 is 0 Å². The van der Waals surface area contributed by atoms with Gasteiger partial charge in [0.2, 0.25) is 0 Å². The Morgan fingerprint density at radius 2 is 1.61 bits per heavy atom. The van der Waals surface area contributed by atoms with Gasteiger partial charge in [0, 0.05) is 5.56 Å². The SMILES string of the molecule is O=C(c1ccccc1CO)C(O)c1ccccc1. The molecule has 18 heavy (non-hydrogen) atoms. The molecule has 2 aromatic rings. The number of carbonyl (C=O) groups excluding carboxylic acids is 1. The molecule has 0 fully saturated rings. The van der Waals surface area contributed by atoms with Crippen molar-refractivity contribution >= 4 is 5.78 Å². The summed E-state index contributed by atoms with van der Waals surface area (Å²) in [7, 11) is 0. The molecule has 0 aliphatic rings. The fourth-order valence-corrected chi connectivity index (χ4v) is 1.83. The molecule has 0 radical (unpaired) electrons. The summed E-state index contributed by atoms with van der Waals surface area (Å²) in [5.74, 6) is -0.397. The molecule has 0 saturated heterocycles. The van der Waals surface area contributed by atoms with Crippen LogP contribution in [0.2, 0.25) is 0 Å². The minimum Gasteiger partial charge on any atom is -0.392 e. The third kappa shape index (κ3) is 2.47. The van der Waals surface area contributed by atoms with Gasteiger partial charge in [-0.1, -0.05) is 54.6 Å². The number of hydrogen-bond donors (Lipinski definition) is 2. The Morgan fingerprint density at radius 3 is 2.28 bits per heavy atom. The van der Waals surface area contributed by atoms with Crippen molar-refractivity contribution in [2.24, 2.45) is 0 Å². The molecule has 0 aliphatic heterocycles. The summed E-state index contributed by atoms with van der Waals surface area (Å²) in [6.45, 7) is -0.219. The lowest BCUT2D eigenvalue weighted by Crippen LogP contribution is -2.14. The van der Waals surface area contributed by atoms with E-state index in [1.54, 1.807) is 48.5 Å². The lowest BCUT2D eigenvalue weighted by atomic mass is 9.96. The van der Waals surface area contributed by atoms with Gasteiger partial charge in [0.25, 0.3) is 0 Å². The van der Waals surface area contributed by atoms with E-state index >= 15 is 0 Å². The number of Topliss-reactive ketones (excluding diaryl/α,β-unsaturated/α-hetero) is 1. The Kier molecular flexibility index (Phi) is 3.87. The summed E-state index contributed by atoms with van der Waals surface area (Å²) < 4.78 is 0. The molecule has 3 heteroatoms. The number of benzene rings is 2. The highest BCUT2D eigenvalue weighted by molar-refractivity contribution is 6.01. The molecule has 0 amide bonds. The van der Waals surface area contributed by atoms with Gasteiger partial charge in [-0.25, -0.2) is 0 Å². The van der Waals surface area contributed by atoms with Crippen LogP contribution in [-0.4, -0.2) is 16.0 Å². The van der Waals surface area contributed by atoms with E-state index in [1.807, 2.05) is 6.07 Å². The zero-order valence-electron chi connectivity index (χ0n) is 9.78. The van der Waals surface area contributed by atoms with Gasteiger partial charge in [-0.3, -0.25) is 4.79 Å². The largest absolute Gasteiger partial charge is 0.392 e. The Labute approximate surface area is 105 Å². The topological polar surface area (TPSA) is 57.5 Å². The number of aliphatic hydroxyl groups is 2. The van der Waals surface area contributed by atoms with Crippen molar-refractivity contribution in [2.75, 3.05) is 0 Å². The van der Waals surface area contributed by atoms with Crippen molar-refractivity contribution in [3.05, 3.63) is 71.3 Å².